The number of hydrogen-bond acceptors (Lipinski definition) is 5. The molecule has 24 heavy (non-hydrogen) atoms. The average molecular weight is 354 g/mol. The van der Waals surface area contributed by atoms with E-state index in [1.54, 1.807) is 22.7 Å². The molecule has 0 aliphatic carbocycles. The minimum absolute atomic E-state index is 0.0247. The van der Waals surface area contributed by atoms with Crippen molar-refractivity contribution in [2.75, 3.05) is 11.9 Å². The number of hydrogen-bond donors (Lipinski definition) is 1. The zero-order chi connectivity index (χ0) is 16.5. The Kier molecular flexibility index (Phi) is 3.92. The van der Waals surface area contributed by atoms with E-state index in [4.69, 9.17) is 4.74 Å². The van der Waals surface area contributed by atoms with Gasteiger partial charge in [-0.3, -0.25) is 4.79 Å². The van der Waals surface area contributed by atoms with Crippen molar-refractivity contribution in [1.29, 1.82) is 0 Å². The fourth-order valence-corrected chi connectivity index (χ4v) is 4.40. The van der Waals surface area contributed by atoms with Crippen molar-refractivity contribution in [2.45, 2.75) is 6.92 Å². The second-order valence-electron chi connectivity index (χ2n) is 5.32. The number of thiazole rings is 1. The number of para-hydroxylation sites is 1. The molecule has 0 spiro atoms. The Morgan fingerprint density at radius 3 is 2.92 bits per heavy atom. The number of aromatic nitrogens is 1. The largest absolute Gasteiger partial charge is 0.483 e. The van der Waals surface area contributed by atoms with Gasteiger partial charge >= 0.3 is 0 Å². The Bertz CT molecular complexity index is 1020. The molecule has 2 heterocycles. The SMILES string of the molecule is Cc1nc2c(cc(OCC(=O)Nc3ccccc3)c3ccsc32)s1. The zero-order valence-electron chi connectivity index (χ0n) is 12.9. The molecule has 120 valence electrons. The van der Waals surface area contributed by atoms with Crippen molar-refractivity contribution >= 4 is 54.6 Å². The summed E-state index contributed by atoms with van der Waals surface area (Å²) in [5.74, 6) is 0.552. The van der Waals surface area contributed by atoms with E-state index in [-0.39, 0.29) is 12.5 Å². The van der Waals surface area contributed by atoms with Gasteiger partial charge in [-0.05, 0) is 30.5 Å². The molecule has 6 heteroatoms. The van der Waals surface area contributed by atoms with Gasteiger partial charge in [-0.25, -0.2) is 4.98 Å². The standard InChI is InChI=1S/C18H14N2O2S2/c1-11-19-17-15(24-11)9-14(13-7-8-23-18(13)17)22-10-16(21)20-12-5-3-2-4-6-12/h2-9H,10H2,1H3,(H,20,21). The van der Waals surface area contributed by atoms with Crippen LogP contribution in [0.5, 0.6) is 5.75 Å². The summed E-state index contributed by atoms with van der Waals surface area (Å²) in [6.45, 7) is 1.97. The normalized spacial score (nSPS) is 11.0. The van der Waals surface area contributed by atoms with E-state index in [0.29, 0.717) is 0 Å². The molecular formula is C18H14N2O2S2. The Labute approximate surface area is 146 Å². The Morgan fingerprint density at radius 1 is 1.25 bits per heavy atom. The summed E-state index contributed by atoms with van der Waals surface area (Å²) in [5.41, 5.74) is 1.78. The molecule has 0 radical (unpaired) electrons. The quantitative estimate of drug-likeness (QED) is 0.571. The third kappa shape index (κ3) is 2.86. The van der Waals surface area contributed by atoms with Crippen LogP contribution in [0.2, 0.25) is 0 Å². The molecule has 4 nitrogen and oxygen atoms in total. The van der Waals surface area contributed by atoms with Crippen molar-refractivity contribution in [2.24, 2.45) is 0 Å². The lowest BCUT2D eigenvalue weighted by atomic mass is 10.2. The van der Waals surface area contributed by atoms with E-state index in [1.807, 2.05) is 54.8 Å². The lowest BCUT2D eigenvalue weighted by molar-refractivity contribution is -0.118. The number of nitrogens with one attached hydrogen (secondary N) is 1. The third-order valence-corrected chi connectivity index (χ3v) is 5.42. The molecule has 0 unspecified atom stereocenters. The molecule has 2 aromatic heterocycles. The first-order valence-electron chi connectivity index (χ1n) is 7.46. The van der Waals surface area contributed by atoms with Crippen molar-refractivity contribution in [3.05, 3.63) is 52.9 Å². The van der Waals surface area contributed by atoms with Crippen molar-refractivity contribution in [1.82, 2.24) is 4.98 Å². The summed E-state index contributed by atoms with van der Waals surface area (Å²) in [5, 5.41) is 6.88. The Morgan fingerprint density at radius 2 is 2.08 bits per heavy atom. The van der Waals surface area contributed by atoms with Gasteiger partial charge in [0.25, 0.3) is 5.91 Å². The number of carbonyl (C=O) groups excluding carboxylic acids is 1. The van der Waals surface area contributed by atoms with Crippen molar-refractivity contribution in [3.8, 4) is 5.75 Å². The van der Waals surface area contributed by atoms with Crippen molar-refractivity contribution < 1.29 is 9.53 Å². The van der Waals surface area contributed by atoms with Crippen molar-refractivity contribution in [3.63, 3.8) is 0 Å². The number of benzene rings is 2. The van der Waals surface area contributed by atoms with E-state index in [1.165, 1.54) is 0 Å². The number of amides is 1. The average Bonchev–Trinajstić information content (AvgIpc) is 3.19. The number of nitrogens with zero attached hydrogens (tertiary/aromatic N) is 1. The summed E-state index contributed by atoms with van der Waals surface area (Å²) < 4.78 is 7.99. The molecular weight excluding hydrogens is 340 g/mol. The van der Waals surface area contributed by atoms with Crippen LogP contribution in [0.25, 0.3) is 20.3 Å². The van der Waals surface area contributed by atoms with E-state index in [9.17, 15) is 4.79 Å². The summed E-state index contributed by atoms with van der Waals surface area (Å²) in [6, 6.07) is 13.4. The van der Waals surface area contributed by atoms with Crippen LogP contribution >= 0.6 is 22.7 Å². The maximum atomic E-state index is 12.1. The third-order valence-electron chi connectivity index (χ3n) is 3.58. The summed E-state index contributed by atoms with van der Waals surface area (Å²) in [6.07, 6.45) is 0. The van der Waals surface area contributed by atoms with Gasteiger partial charge in [0.2, 0.25) is 0 Å². The number of rotatable bonds is 4. The van der Waals surface area contributed by atoms with E-state index in [2.05, 4.69) is 10.3 Å². The van der Waals surface area contributed by atoms with Crippen LogP contribution in [0.4, 0.5) is 5.69 Å². The van der Waals surface area contributed by atoms with E-state index >= 15 is 0 Å². The first kappa shape index (κ1) is 15.1. The molecule has 0 aliphatic rings. The first-order valence-corrected chi connectivity index (χ1v) is 9.15. The Hall–Kier alpha value is -2.44. The molecule has 4 rings (SSSR count). The van der Waals surface area contributed by atoms with Gasteiger partial charge in [0, 0.05) is 17.1 Å². The van der Waals surface area contributed by atoms with Gasteiger partial charge in [-0.15, -0.1) is 22.7 Å². The first-order chi connectivity index (χ1) is 11.7. The predicted octanol–water partition coefficient (Wildman–Crippen LogP) is 4.84. The molecule has 0 atom stereocenters. The highest BCUT2D eigenvalue weighted by molar-refractivity contribution is 7.21. The van der Waals surface area contributed by atoms with Crippen LogP contribution in [0.3, 0.4) is 0 Å². The zero-order valence-corrected chi connectivity index (χ0v) is 14.5. The predicted molar refractivity (Wildman–Crippen MR) is 100 cm³/mol. The highest BCUT2D eigenvalue weighted by Crippen LogP contribution is 2.38. The van der Waals surface area contributed by atoms with Gasteiger partial charge in [-0.1, -0.05) is 18.2 Å². The van der Waals surface area contributed by atoms with Crippen LogP contribution in [0, 0.1) is 6.92 Å². The molecule has 1 N–H and O–H groups in total. The topological polar surface area (TPSA) is 51.2 Å². The van der Waals surface area contributed by atoms with Crippen LogP contribution < -0.4 is 10.1 Å². The van der Waals surface area contributed by atoms with Crippen LogP contribution in [-0.2, 0) is 4.79 Å². The second kappa shape index (κ2) is 6.22. The minimum atomic E-state index is -0.176. The van der Waals surface area contributed by atoms with Gasteiger partial charge in [0.1, 0.15) is 5.75 Å². The second-order valence-corrected chi connectivity index (χ2v) is 7.47. The number of thiophene rings is 1. The molecule has 2 aromatic carbocycles. The lowest BCUT2D eigenvalue weighted by Crippen LogP contribution is -2.20. The number of aryl methyl sites for hydroxylation is 1. The maximum absolute atomic E-state index is 12.1. The molecule has 4 aromatic rings. The molecule has 0 bridgehead atoms. The van der Waals surface area contributed by atoms with E-state index < -0.39 is 0 Å². The fraction of sp³-hybridized carbons (Fsp3) is 0.111. The van der Waals surface area contributed by atoms with Gasteiger partial charge in [-0.2, -0.15) is 0 Å². The molecule has 0 saturated carbocycles. The van der Waals surface area contributed by atoms with Crippen LogP contribution in [0.1, 0.15) is 5.01 Å². The van der Waals surface area contributed by atoms with Crippen LogP contribution in [-0.4, -0.2) is 17.5 Å². The molecule has 0 aliphatic heterocycles. The van der Waals surface area contributed by atoms with Gasteiger partial charge < -0.3 is 10.1 Å². The maximum Gasteiger partial charge on any atom is 0.262 e. The van der Waals surface area contributed by atoms with E-state index in [0.717, 1.165) is 36.7 Å². The highest BCUT2D eigenvalue weighted by Gasteiger charge is 2.13. The van der Waals surface area contributed by atoms with Crippen LogP contribution in [0.15, 0.2) is 47.8 Å². The van der Waals surface area contributed by atoms with Gasteiger partial charge in [0.15, 0.2) is 6.61 Å². The summed E-state index contributed by atoms with van der Waals surface area (Å²) in [4.78, 5) is 16.7. The fourth-order valence-electron chi connectivity index (χ4n) is 2.57. The molecule has 1 amide bonds. The Balaban J connectivity index is 1.57. The highest BCUT2D eigenvalue weighted by atomic mass is 32.1. The number of anilines is 1. The smallest absolute Gasteiger partial charge is 0.262 e. The molecule has 0 saturated heterocycles. The van der Waals surface area contributed by atoms with Gasteiger partial charge in [0.05, 0.1) is 19.9 Å². The number of carbonyl (C=O) groups is 1. The monoisotopic (exact) mass is 354 g/mol. The summed E-state index contributed by atoms with van der Waals surface area (Å²) in [7, 11) is 0. The number of ether oxygens (including phenoxy) is 1. The summed E-state index contributed by atoms with van der Waals surface area (Å²) >= 11 is 3.28. The minimum Gasteiger partial charge on any atom is -0.483 e. The molecule has 0 fully saturated rings. The number of fused-ring (bicyclic) bond motifs is 3. The lowest BCUT2D eigenvalue weighted by Gasteiger charge is -2.09.